The Morgan fingerprint density at radius 3 is 1.00 bits per heavy atom. The molecule has 1 fully saturated rings. The standard InChI is InChI=1S/C28H33NO2.C24H27NO3.C23H25NO2.C22H21NO3/c30-26(21-31-27-18-16-23(17-19-27)22-10-4-1-5-11-22)20-29-28(24-12-6-2-7-13-24)25-14-8-3-9-15-25;1-27-22-12-14-23(15-13-22)28-18-21(26)16-25-17-24(19-8-4-2-5-9-19)20-10-6-3-7-11-20;25-21(18-26-22-14-8-3-9-15-22)16-24-17-23(19-10-4-1-5-11-19)20-12-6-2-7-13-20;24-16(15-25-17-8-2-1-3-9-17)14-23-22-18-10-4-6-12-20(18)26-21-13-7-5-11-19(21)22/h2-3,6-9,12-19,22,26,28-30H,1,4-5,10-11,20-21H2;2-15,21,24-26H,16-18H2,1H3;1-15,21,23-25H,16-18H2;1-13,16,22-24H,14-15H2. The van der Waals surface area contributed by atoms with E-state index in [-0.39, 0.29) is 50.3 Å². The summed E-state index contributed by atoms with van der Waals surface area (Å²) < 4.78 is 33.9. The predicted octanol–water partition coefficient (Wildman–Crippen LogP) is 17.5. The van der Waals surface area contributed by atoms with Gasteiger partial charge in [0.15, 0.2) is 0 Å². The highest BCUT2D eigenvalue weighted by Crippen LogP contribution is 2.43. The lowest BCUT2D eigenvalue weighted by molar-refractivity contribution is 0.104. The van der Waals surface area contributed by atoms with E-state index in [1.54, 1.807) is 7.11 Å². The lowest BCUT2D eigenvalue weighted by Gasteiger charge is -2.29. The Hall–Kier alpha value is -10.9. The summed E-state index contributed by atoms with van der Waals surface area (Å²) in [4.78, 5) is 0. The third-order valence-corrected chi connectivity index (χ3v) is 19.6. The number of fused-ring (bicyclic) bond motifs is 2. The second-order valence-electron chi connectivity index (χ2n) is 27.8. The van der Waals surface area contributed by atoms with Gasteiger partial charge in [-0.25, -0.2) is 0 Å². The van der Waals surface area contributed by atoms with Gasteiger partial charge >= 0.3 is 0 Å². The fourth-order valence-electron chi connectivity index (χ4n) is 13.7. The molecular formula is C97H106N4O10. The molecule has 0 saturated heterocycles. The molecule has 14 nitrogen and oxygen atoms in total. The molecule has 4 unspecified atom stereocenters. The number of hydrogen-bond acceptors (Lipinski definition) is 14. The molecule has 0 aromatic heterocycles. The molecule has 1 aliphatic heterocycles. The number of rotatable bonds is 34. The second-order valence-corrected chi connectivity index (χ2v) is 27.8. The number of benzene rings is 12. The minimum Gasteiger partial charge on any atom is -0.497 e. The zero-order valence-corrected chi connectivity index (χ0v) is 63.4. The molecule has 14 rings (SSSR count). The summed E-state index contributed by atoms with van der Waals surface area (Å²) >= 11 is 0. The Morgan fingerprint density at radius 2 is 0.622 bits per heavy atom. The van der Waals surface area contributed by atoms with Crippen molar-refractivity contribution in [1.82, 2.24) is 21.3 Å². The SMILES string of the molecule is COc1ccc(OCC(O)CNCC(c2ccccc2)c2ccccc2)cc1.OC(CNC(c1ccccc1)c1ccccc1)COc1ccc(C2CCCCC2)cc1.OC(CNC1c2ccccc2Oc2ccccc21)COc1ccccc1.OC(CNCC(c1ccccc1)c1ccccc1)COc1ccccc1. The predicted molar refractivity (Wildman–Crippen MR) is 445 cm³/mol. The third kappa shape index (κ3) is 26.7. The van der Waals surface area contributed by atoms with E-state index >= 15 is 0 Å². The van der Waals surface area contributed by atoms with Crippen LogP contribution < -0.4 is 49.7 Å². The van der Waals surface area contributed by atoms with Gasteiger partial charge in [-0.15, -0.1) is 0 Å². The van der Waals surface area contributed by atoms with E-state index in [9.17, 15) is 20.4 Å². The van der Waals surface area contributed by atoms with Gasteiger partial charge in [-0.2, -0.15) is 0 Å². The number of para-hydroxylation sites is 4. The van der Waals surface area contributed by atoms with Crippen LogP contribution in [-0.4, -0.2) is 118 Å². The van der Waals surface area contributed by atoms with Gasteiger partial charge in [0.2, 0.25) is 0 Å². The van der Waals surface area contributed by atoms with Crippen LogP contribution in [0.15, 0.2) is 340 Å². The largest absolute Gasteiger partial charge is 0.497 e. The minimum absolute atomic E-state index is 0.0254. The van der Waals surface area contributed by atoms with Crippen LogP contribution in [0, 0.1) is 0 Å². The van der Waals surface area contributed by atoms with E-state index in [0.29, 0.717) is 37.8 Å². The van der Waals surface area contributed by atoms with Gasteiger partial charge < -0.3 is 70.1 Å². The third-order valence-electron chi connectivity index (χ3n) is 19.6. The van der Waals surface area contributed by atoms with E-state index < -0.39 is 24.4 Å². The maximum absolute atomic E-state index is 10.5. The monoisotopic (exact) mass is 1490 g/mol. The number of ether oxygens (including phenoxy) is 6. The Balaban J connectivity index is 0.000000147. The molecule has 14 heteroatoms. The number of aliphatic hydroxyl groups is 4. The van der Waals surface area contributed by atoms with Gasteiger partial charge in [-0.1, -0.05) is 286 Å². The molecule has 111 heavy (non-hydrogen) atoms. The molecule has 1 aliphatic carbocycles. The first-order valence-electron chi connectivity index (χ1n) is 38.8. The molecule has 4 atom stereocenters. The molecule has 0 spiro atoms. The van der Waals surface area contributed by atoms with Gasteiger partial charge in [0.1, 0.15) is 91.1 Å². The Bertz CT molecular complexity index is 4300. The van der Waals surface area contributed by atoms with Crippen LogP contribution in [0.25, 0.3) is 0 Å². The highest BCUT2D eigenvalue weighted by Gasteiger charge is 2.28. The van der Waals surface area contributed by atoms with Crippen molar-refractivity contribution < 1.29 is 48.8 Å². The maximum Gasteiger partial charge on any atom is 0.132 e. The topological polar surface area (TPSA) is 184 Å². The fraction of sp³-hybridized carbons (Fsp3) is 0.258. The minimum atomic E-state index is -0.614. The van der Waals surface area contributed by atoms with Crippen molar-refractivity contribution in [3.8, 4) is 40.2 Å². The molecule has 1 heterocycles. The zero-order chi connectivity index (χ0) is 76.7. The summed E-state index contributed by atoms with van der Waals surface area (Å²) in [5.74, 6) is 6.72. The molecule has 2 aliphatic rings. The quantitative estimate of drug-likeness (QED) is 0.0191. The number of methoxy groups -OCH3 is 1. The van der Waals surface area contributed by atoms with Crippen molar-refractivity contribution in [3.63, 3.8) is 0 Å². The molecule has 0 bridgehead atoms. The normalized spacial score (nSPS) is 13.5. The molecule has 12 aromatic rings. The van der Waals surface area contributed by atoms with Crippen molar-refractivity contribution in [2.45, 2.75) is 86.4 Å². The first kappa shape index (κ1) is 81.1. The van der Waals surface area contributed by atoms with Crippen LogP contribution in [0.2, 0.25) is 0 Å². The van der Waals surface area contributed by atoms with Crippen LogP contribution in [0.5, 0.6) is 40.2 Å². The summed E-state index contributed by atoms with van der Waals surface area (Å²) in [7, 11) is 1.63. The molecule has 1 saturated carbocycles. The Morgan fingerprint density at radius 1 is 0.315 bits per heavy atom. The lowest BCUT2D eigenvalue weighted by atomic mass is 9.84. The first-order valence-corrected chi connectivity index (χ1v) is 38.8. The van der Waals surface area contributed by atoms with Gasteiger partial charge in [0, 0.05) is 62.2 Å². The number of hydrogen-bond donors (Lipinski definition) is 8. The molecular weight excluding hydrogens is 1380 g/mol. The van der Waals surface area contributed by atoms with Gasteiger partial charge in [0.25, 0.3) is 0 Å². The van der Waals surface area contributed by atoms with Crippen molar-refractivity contribution in [3.05, 3.63) is 390 Å². The summed E-state index contributed by atoms with van der Waals surface area (Å²) in [5, 5.41) is 55.0. The van der Waals surface area contributed by atoms with E-state index in [0.717, 1.165) is 58.7 Å². The van der Waals surface area contributed by atoms with E-state index in [4.69, 9.17) is 28.4 Å². The molecule has 12 aromatic carbocycles. The fourth-order valence-corrected chi connectivity index (χ4v) is 13.7. The summed E-state index contributed by atoms with van der Waals surface area (Å²) in [6.45, 7) is 4.35. The van der Waals surface area contributed by atoms with E-state index in [1.807, 2.05) is 194 Å². The smallest absolute Gasteiger partial charge is 0.132 e. The lowest BCUT2D eigenvalue weighted by Crippen LogP contribution is -2.35. The maximum atomic E-state index is 10.5. The van der Waals surface area contributed by atoms with E-state index in [2.05, 4.69) is 167 Å². The van der Waals surface area contributed by atoms with Crippen LogP contribution >= 0.6 is 0 Å². The average molecular weight is 1490 g/mol. The average Bonchev–Trinajstić information content (AvgIpc) is 0.777. The summed E-state index contributed by atoms with van der Waals surface area (Å²) in [6.07, 6.45) is 4.31. The van der Waals surface area contributed by atoms with Gasteiger partial charge in [0.05, 0.1) is 19.2 Å². The highest BCUT2D eigenvalue weighted by atomic mass is 16.5. The van der Waals surface area contributed by atoms with Crippen LogP contribution in [0.1, 0.15) is 112 Å². The molecule has 0 amide bonds. The van der Waals surface area contributed by atoms with Gasteiger partial charge in [-0.05, 0) is 131 Å². The van der Waals surface area contributed by atoms with Crippen molar-refractivity contribution in [2.75, 3.05) is 72.8 Å². The Kier molecular flexibility index (Phi) is 33.1. The summed E-state index contributed by atoms with van der Waals surface area (Å²) in [5.41, 5.74) is 11.0. The van der Waals surface area contributed by atoms with Crippen LogP contribution in [-0.2, 0) is 0 Å². The summed E-state index contributed by atoms with van der Waals surface area (Å²) in [6, 6.07) is 113. The zero-order valence-electron chi connectivity index (χ0n) is 63.4. The Labute approximate surface area is 655 Å². The number of aliphatic hydroxyl groups excluding tert-OH is 4. The van der Waals surface area contributed by atoms with Crippen LogP contribution in [0.3, 0.4) is 0 Å². The van der Waals surface area contributed by atoms with Crippen molar-refractivity contribution >= 4 is 0 Å². The molecule has 574 valence electrons. The molecule has 0 radical (unpaired) electrons. The highest BCUT2D eigenvalue weighted by molar-refractivity contribution is 5.53. The van der Waals surface area contributed by atoms with Crippen LogP contribution in [0.4, 0.5) is 0 Å². The van der Waals surface area contributed by atoms with Crippen molar-refractivity contribution in [1.29, 1.82) is 0 Å². The molecule has 8 N–H and O–H groups in total. The van der Waals surface area contributed by atoms with E-state index in [1.165, 1.54) is 71.0 Å². The number of nitrogens with one attached hydrogen (secondary N) is 4. The first-order chi connectivity index (χ1) is 54.7. The van der Waals surface area contributed by atoms with Crippen molar-refractivity contribution in [2.24, 2.45) is 0 Å². The van der Waals surface area contributed by atoms with Gasteiger partial charge in [-0.3, -0.25) is 0 Å². The second kappa shape index (κ2) is 45.3.